The minimum atomic E-state index is -0.476. The zero-order chi connectivity index (χ0) is 33.1. The SMILES string of the molecule is C=CC(=O)Nc1cc(Nc2cc(N3OCC[C@@H]3c3cccc(Cl)c3F)ncn2)c(OC)cc1N1CCC(N2C[C@@H](C)O[C@@H](C)C2)CC1. The molecule has 3 saturated heterocycles. The van der Waals surface area contributed by atoms with E-state index in [4.69, 9.17) is 25.9 Å². The molecule has 2 aromatic carbocycles. The van der Waals surface area contributed by atoms with E-state index < -0.39 is 11.9 Å². The Kier molecular flexibility index (Phi) is 10.1. The summed E-state index contributed by atoms with van der Waals surface area (Å²) in [5.74, 6) is 0.689. The summed E-state index contributed by atoms with van der Waals surface area (Å²) in [6.45, 7) is 11.8. The molecule has 3 atom stereocenters. The van der Waals surface area contributed by atoms with Crippen LogP contribution >= 0.6 is 11.6 Å². The number of rotatable bonds is 9. The van der Waals surface area contributed by atoms with Crippen molar-refractivity contribution in [3.63, 3.8) is 0 Å². The van der Waals surface area contributed by atoms with Gasteiger partial charge in [0.15, 0.2) is 5.82 Å². The number of hydrogen-bond donors (Lipinski definition) is 2. The molecule has 0 aliphatic carbocycles. The predicted octanol–water partition coefficient (Wildman–Crippen LogP) is 6.11. The van der Waals surface area contributed by atoms with Gasteiger partial charge < -0.3 is 25.0 Å². The van der Waals surface area contributed by atoms with Crippen LogP contribution in [0.5, 0.6) is 5.75 Å². The Morgan fingerprint density at radius 1 is 1.11 bits per heavy atom. The molecular weight excluding hydrogens is 625 g/mol. The molecule has 3 aliphatic heterocycles. The van der Waals surface area contributed by atoms with E-state index in [9.17, 15) is 9.18 Å². The zero-order valence-electron chi connectivity index (χ0n) is 26.9. The first-order chi connectivity index (χ1) is 22.7. The summed E-state index contributed by atoms with van der Waals surface area (Å²) in [5, 5.41) is 7.94. The van der Waals surface area contributed by atoms with Crippen molar-refractivity contribution in [2.45, 2.75) is 57.4 Å². The number of piperidine rings is 1. The number of nitrogens with zero attached hydrogens (tertiary/aromatic N) is 5. The van der Waals surface area contributed by atoms with E-state index in [1.165, 1.54) is 18.5 Å². The number of aromatic nitrogens is 2. The van der Waals surface area contributed by atoms with Crippen molar-refractivity contribution in [2.75, 3.05) is 60.5 Å². The lowest BCUT2D eigenvalue weighted by Crippen LogP contribution is -2.53. The smallest absolute Gasteiger partial charge is 0.247 e. The minimum Gasteiger partial charge on any atom is -0.494 e. The molecule has 0 radical (unpaired) electrons. The maximum Gasteiger partial charge on any atom is 0.247 e. The highest BCUT2D eigenvalue weighted by Crippen LogP contribution is 2.41. The highest BCUT2D eigenvalue weighted by Gasteiger charge is 2.33. The number of hydroxylamine groups is 1. The van der Waals surface area contributed by atoms with Gasteiger partial charge in [0.05, 0.1) is 54.1 Å². The Morgan fingerprint density at radius 3 is 2.60 bits per heavy atom. The molecule has 3 aromatic rings. The number of morpholine rings is 1. The average molecular weight is 666 g/mol. The van der Waals surface area contributed by atoms with Crippen molar-refractivity contribution < 1.29 is 23.5 Å². The number of halogens is 2. The van der Waals surface area contributed by atoms with E-state index in [-0.39, 0.29) is 23.1 Å². The Balaban J connectivity index is 1.23. The van der Waals surface area contributed by atoms with Crippen LogP contribution in [0, 0.1) is 5.82 Å². The van der Waals surface area contributed by atoms with Gasteiger partial charge in [-0.2, -0.15) is 0 Å². The predicted molar refractivity (Wildman–Crippen MR) is 181 cm³/mol. The van der Waals surface area contributed by atoms with Crippen LogP contribution in [-0.2, 0) is 14.4 Å². The van der Waals surface area contributed by atoms with E-state index in [0.717, 1.165) is 44.7 Å². The molecule has 47 heavy (non-hydrogen) atoms. The summed E-state index contributed by atoms with van der Waals surface area (Å²) in [4.78, 5) is 32.1. The first kappa shape index (κ1) is 33.0. The fourth-order valence-corrected chi connectivity index (χ4v) is 6.98. The summed E-state index contributed by atoms with van der Waals surface area (Å²) >= 11 is 6.07. The van der Waals surface area contributed by atoms with Crippen molar-refractivity contribution >= 4 is 46.2 Å². The van der Waals surface area contributed by atoms with E-state index >= 15 is 0 Å². The molecule has 6 rings (SSSR count). The van der Waals surface area contributed by atoms with Gasteiger partial charge in [0.1, 0.15) is 23.7 Å². The standard InChI is InChI=1S/C34H41ClFN7O4/c1-5-33(44)40-26-15-27(30(45-4)16-29(26)41-12-9-23(10-13-41)42-18-21(2)47-22(3)19-42)39-31-17-32(38-20-37-31)43-28(11-14-46-43)24-7-6-8-25(35)34(24)36/h5-8,15-17,20-23,28H,1,9-14,18-19H2,2-4H3,(H,40,44)(H,37,38,39)/t21-,22+,28-/m1/s1. The highest BCUT2D eigenvalue weighted by atomic mass is 35.5. The van der Waals surface area contributed by atoms with Gasteiger partial charge in [-0.25, -0.2) is 19.4 Å². The van der Waals surface area contributed by atoms with Gasteiger partial charge in [0, 0.05) is 56.3 Å². The lowest BCUT2D eigenvalue weighted by atomic mass is 10.00. The molecule has 0 spiro atoms. The third-order valence-electron chi connectivity index (χ3n) is 8.92. The maximum atomic E-state index is 14.9. The second-order valence-electron chi connectivity index (χ2n) is 12.2. The van der Waals surface area contributed by atoms with Crippen LogP contribution in [0.2, 0.25) is 5.02 Å². The van der Waals surface area contributed by atoms with Crippen LogP contribution in [0.15, 0.2) is 55.4 Å². The van der Waals surface area contributed by atoms with Gasteiger partial charge in [-0.3, -0.25) is 14.5 Å². The molecule has 0 bridgehead atoms. The molecule has 3 fully saturated rings. The van der Waals surface area contributed by atoms with Gasteiger partial charge in [0.25, 0.3) is 0 Å². The second kappa shape index (κ2) is 14.4. The topological polar surface area (TPSA) is 104 Å². The average Bonchev–Trinajstić information content (AvgIpc) is 3.56. The molecule has 1 amide bonds. The summed E-state index contributed by atoms with van der Waals surface area (Å²) in [7, 11) is 1.60. The highest BCUT2D eigenvalue weighted by molar-refractivity contribution is 6.30. The van der Waals surface area contributed by atoms with Crippen molar-refractivity contribution in [3.8, 4) is 5.75 Å². The van der Waals surface area contributed by atoms with E-state index in [1.54, 1.807) is 30.4 Å². The van der Waals surface area contributed by atoms with Crippen LogP contribution in [0.4, 0.5) is 33.1 Å². The molecule has 1 aromatic heterocycles. The normalized spacial score (nSPS) is 22.3. The van der Waals surface area contributed by atoms with Crippen molar-refractivity contribution in [2.24, 2.45) is 0 Å². The van der Waals surface area contributed by atoms with E-state index in [0.29, 0.717) is 53.4 Å². The summed E-state index contributed by atoms with van der Waals surface area (Å²) in [6, 6.07) is 10.5. The van der Waals surface area contributed by atoms with Crippen molar-refractivity contribution in [1.82, 2.24) is 14.9 Å². The van der Waals surface area contributed by atoms with Crippen LogP contribution in [0.1, 0.15) is 44.7 Å². The van der Waals surface area contributed by atoms with Crippen molar-refractivity contribution in [1.29, 1.82) is 0 Å². The number of ether oxygens (including phenoxy) is 2. The number of nitrogens with one attached hydrogen (secondary N) is 2. The number of hydrogen-bond acceptors (Lipinski definition) is 10. The quantitative estimate of drug-likeness (QED) is 0.260. The van der Waals surface area contributed by atoms with Gasteiger partial charge >= 0.3 is 0 Å². The molecule has 4 heterocycles. The summed E-state index contributed by atoms with van der Waals surface area (Å²) in [5.41, 5.74) is 2.51. The first-order valence-electron chi connectivity index (χ1n) is 16.0. The van der Waals surface area contributed by atoms with Gasteiger partial charge in [-0.05, 0) is 44.9 Å². The fraction of sp³-hybridized carbons (Fsp3) is 0.441. The molecule has 0 unspecified atom stereocenters. The van der Waals surface area contributed by atoms with Gasteiger partial charge in [0.2, 0.25) is 5.91 Å². The number of carbonyl (C=O) groups is 1. The Hall–Kier alpha value is -3.97. The summed E-state index contributed by atoms with van der Waals surface area (Å²) in [6.07, 6.45) is 5.67. The van der Waals surface area contributed by atoms with Crippen LogP contribution in [0.25, 0.3) is 0 Å². The third kappa shape index (κ3) is 7.30. The lowest BCUT2D eigenvalue weighted by molar-refractivity contribution is -0.111. The Morgan fingerprint density at radius 2 is 1.87 bits per heavy atom. The van der Waals surface area contributed by atoms with Crippen molar-refractivity contribution in [3.05, 3.63) is 71.8 Å². The molecule has 2 N–H and O–H groups in total. The van der Waals surface area contributed by atoms with Crippen LogP contribution in [-0.4, -0.2) is 78.9 Å². The molecule has 0 saturated carbocycles. The molecular formula is C34H41ClFN7O4. The first-order valence-corrected chi connectivity index (χ1v) is 16.4. The third-order valence-corrected chi connectivity index (χ3v) is 9.21. The number of methoxy groups -OCH3 is 1. The Bertz CT molecular complexity index is 1590. The second-order valence-corrected chi connectivity index (χ2v) is 12.6. The number of benzene rings is 2. The molecule has 3 aliphatic rings. The molecule has 13 heteroatoms. The number of amides is 1. The Labute approximate surface area is 279 Å². The van der Waals surface area contributed by atoms with E-state index in [1.807, 2.05) is 12.1 Å². The fourth-order valence-electron chi connectivity index (χ4n) is 6.80. The zero-order valence-corrected chi connectivity index (χ0v) is 27.7. The number of carbonyl (C=O) groups excluding carboxylic acids is 1. The van der Waals surface area contributed by atoms with Crippen LogP contribution < -0.4 is 25.3 Å². The molecule has 11 nitrogen and oxygen atoms in total. The van der Waals surface area contributed by atoms with E-state index in [2.05, 4.69) is 50.8 Å². The van der Waals surface area contributed by atoms with Gasteiger partial charge in [-0.1, -0.05) is 30.3 Å². The van der Waals surface area contributed by atoms with Crippen LogP contribution in [0.3, 0.4) is 0 Å². The lowest BCUT2D eigenvalue weighted by Gasteiger charge is -2.44. The molecule has 250 valence electrons. The maximum absolute atomic E-state index is 14.9. The monoisotopic (exact) mass is 665 g/mol. The minimum absolute atomic E-state index is 0.0556. The van der Waals surface area contributed by atoms with Gasteiger partial charge in [-0.15, -0.1) is 0 Å². The largest absolute Gasteiger partial charge is 0.494 e. The summed E-state index contributed by atoms with van der Waals surface area (Å²) < 4.78 is 26.7. The number of anilines is 5.